The second-order valence-corrected chi connectivity index (χ2v) is 5.62. The van der Waals surface area contributed by atoms with Gasteiger partial charge in [-0.1, -0.05) is 13.0 Å². The number of fused-ring (bicyclic) bond motifs is 1. The van der Waals surface area contributed by atoms with Gasteiger partial charge in [-0.2, -0.15) is 0 Å². The maximum Gasteiger partial charge on any atom is 0.339 e. The summed E-state index contributed by atoms with van der Waals surface area (Å²) in [6.07, 6.45) is 1.16. The van der Waals surface area contributed by atoms with Crippen molar-refractivity contribution in [1.82, 2.24) is 5.32 Å². The number of nitrogens with one attached hydrogen (secondary N) is 1. The molecule has 1 aliphatic heterocycles. The van der Waals surface area contributed by atoms with Crippen molar-refractivity contribution in [3.63, 3.8) is 0 Å². The Morgan fingerprint density at radius 1 is 1.48 bits per heavy atom. The zero-order chi connectivity index (χ0) is 15.0. The van der Waals surface area contributed by atoms with E-state index >= 15 is 0 Å². The summed E-state index contributed by atoms with van der Waals surface area (Å²) in [5, 5.41) is 12.1. The van der Waals surface area contributed by atoms with Gasteiger partial charge < -0.3 is 15.2 Å². The lowest BCUT2D eigenvalue weighted by atomic mass is 10.1. The van der Waals surface area contributed by atoms with Crippen molar-refractivity contribution in [2.75, 3.05) is 24.6 Å². The molecule has 0 bridgehead atoms. The van der Waals surface area contributed by atoms with Gasteiger partial charge in [0.1, 0.15) is 12.2 Å². The average molecular weight is 290 g/mol. The molecule has 1 aromatic carbocycles. The molecular formula is C15H18N2O4. The van der Waals surface area contributed by atoms with Gasteiger partial charge in [0, 0.05) is 6.54 Å². The number of carboxylic acids is 1. The molecule has 2 aliphatic rings. The van der Waals surface area contributed by atoms with Crippen LogP contribution in [-0.4, -0.2) is 36.8 Å². The number of hydrogen-bond acceptors (Lipinski definition) is 3. The van der Waals surface area contributed by atoms with Gasteiger partial charge in [0.25, 0.3) is 0 Å². The number of amides is 2. The Hall–Kier alpha value is -2.24. The van der Waals surface area contributed by atoms with Crippen molar-refractivity contribution in [1.29, 1.82) is 0 Å². The van der Waals surface area contributed by atoms with E-state index in [0.29, 0.717) is 37.2 Å². The number of ether oxygens (including phenoxy) is 1. The first kappa shape index (κ1) is 13.7. The van der Waals surface area contributed by atoms with E-state index < -0.39 is 5.97 Å². The van der Waals surface area contributed by atoms with Gasteiger partial charge in [-0.25, -0.2) is 9.59 Å². The molecule has 1 aliphatic carbocycles. The van der Waals surface area contributed by atoms with Crippen LogP contribution in [-0.2, 0) is 0 Å². The number of para-hydroxylation sites is 1. The van der Waals surface area contributed by atoms with Gasteiger partial charge >= 0.3 is 12.0 Å². The van der Waals surface area contributed by atoms with Crippen LogP contribution in [0, 0.1) is 11.8 Å². The molecule has 3 rings (SSSR count). The minimum Gasteiger partial charge on any atom is -0.489 e. The van der Waals surface area contributed by atoms with Gasteiger partial charge in [-0.3, -0.25) is 4.90 Å². The van der Waals surface area contributed by atoms with Crippen molar-refractivity contribution >= 4 is 17.7 Å². The molecule has 2 atom stereocenters. The predicted molar refractivity (Wildman–Crippen MR) is 76.9 cm³/mol. The number of carboxylic acid groups (broad SMARTS) is 1. The summed E-state index contributed by atoms with van der Waals surface area (Å²) in [6.45, 7) is 3.55. The Morgan fingerprint density at radius 2 is 2.24 bits per heavy atom. The van der Waals surface area contributed by atoms with E-state index in [2.05, 4.69) is 12.2 Å². The van der Waals surface area contributed by atoms with E-state index in [1.807, 2.05) is 0 Å². The molecular weight excluding hydrogens is 272 g/mol. The number of anilines is 1. The van der Waals surface area contributed by atoms with Crippen LogP contribution in [0.3, 0.4) is 0 Å². The van der Waals surface area contributed by atoms with Crippen molar-refractivity contribution in [2.45, 2.75) is 13.3 Å². The highest BCUT2D eigenvalue weighted by atomic mass is 16.5. The molecule has 6 heteroatoms. The molecule has 1 saturated carbocycles. The third-order valence-electron chi connectivity index (χ3n) is 4.11. The van der Waals surface area contributed by atoms with E-state index in [9.17, 15) is 14.7 Å². The summed E-state index contributed by atoms with van der Waals surface area (Å²) in [4.78, 5) is 25.1. The molecule has 21 heavy (non-hydrogen) atoms. The topological polar surface area (TPSA) is 78.9 Å². The molecule has 1 fully saturated rings. The number of nitrogens with zero attached hydrogens (tertiary/aromatic N) is 1. The van der Waals surface area contributed by atoms with Gasteiger partial charge in [-0.05, 0) is 30.4 Å². The molecule has 0 spiro atoms. The van der Waals surface area contributed by atoms with Crippen LogP contribution in [0.2, 0.25) is 0 Å². The van der Waals surface area contributed by atoms with Crippen LogP contribution in [0.5, 0.6) is 5.75 Å². The van der Waals surface area contributed by atoms with Crippen LogP contribution in [0.1, 0.15) is 23.7 Å². The monoisotopic (exact) mass is 290 g/mol. The number of urea groups is 1. The Labute approximate surface area is 122 Å². The smallest absolute Gasteiger partial charge is 0.339 e. The fourth-order valence-corrected chi connectivity index (χ4v) is 2.63. The first-order valence-corrected chi connectivity index (χ1v) is 7.12. The van der Waals surface area contributed by atoms with Crippen LogP contribution in [0.4, 0.5) is 10.5 Å². The summed E-state index contributed by atoms with van der Waals surface area (Å²) in [7, 11) is 0. The first-order chi connectivity index (χ1) is 10.1. The minimum atomic E-state index is -1.05. The van der Waals surface area contributed by atoms with E-state index in [-0.39, 0.29) is 17.3 Å². The zero-order valence-corrected chi connectivity index (χ0v) is 11.8. The molecule has 112 valence electrons. The predicted octanol–water partition coefficient (Wildman–Crippen LogP) is 1.95. The highest BCUT2D eigenvalue weighted by Crippen LogP contribution is 2.37. The standard InChI is InChI=1S/C15H18N2O4/c1-9-7-10(9)8-16-15(20)17-5-6-21-13-11(14(18)19)3-2-4-12(13)17/h2-4,9-10H,5-8H2,1H3,(H,16,20)(H,18,19). The quantitative estimate of drug-likeness (QED) is 0.891. The lowest BCUT2D eigenvalue weighted by molar-refractivity contribution is 0.0692. The van der Waals surface area contributed by atoms with Crippen LogP contribution in [0.25, 0.3) is 0 Å². The highest BCUT2D eigenvalue weighted by Gasteiger charge is 2.34. The molecule has 2 unspecified atom stereocenters. The summed E-state index contributed by atoms with van der Waals surface area (Å²) < 4.78 is 5.45. The lowest BCUT2D eigenvalue weighted by Crippen LogP contribution is -2.45. The van der Waals surface area contributed by atoms with Gasteiger partial charge in [0.15, 0.2) is 5.75 Å². The molecule has 2 N–H and O–H groups in total. The van der Waals surface area contributed by atoms with Crippen LogP contribution >= 0.6 is 0 Å². The number of aromatic carboxylic acids is 1. The van der Waals surface area contributed by atoms with Gasteiger partial charge in [-0.15, -0.1) is 0 Å². The van der Waals surface area contributed by atoms with Crippen molar-refractivity contribution in [3.05, 3.63) is 23.8 Å². The first-order valence-electron chi connectivity index (χ1n) is 7.12. The summed E-state index contributed by atoms with van der Waals surface area (Å²) in [5.74, 6) is 0.466. The molecule has 1 heterocycles. The zero-order valence-electron chi connectivity index (χ0n) is 11.8. The lowest BCUT2D eigenvalue weighted by Gasteiger charge is -2.30. The second-order valence-electron chi connectivity index (χ2n) is 5.62. The summed E-state index contributed by atoms with van der Waals surface area (Å²) in [6, 6.07) is 4.62. The van der Waals surface area contributed by atoms with Gasteiger partial charge in [0.2, 0.25) is 0 Å². The van der Waals surface area contributed by atoms with E-state index in [1.54, 1.807) is 17.0 Å². The Balaban J connectivity index is 1.78. The van der Waals surface area contributed by atoms with Crippen molar-refractivity contribution in [3.8, 4) is 5.75 Å². The van der Waals surface area contributed by atoms with Crippen LogP contribution in [0.15, 0.2) is 18.2 Å². The van der Waals surface area contributed by atoms with Crippen molar-refractivity contribution in [2.24, 2.45) is 11.8 Å². The van der Waals surface area contributed by atoms with Crippen LogP contribution < -0.4 is 15.0 Å². The fraction of sp³-hybridized carbons (Fsp3) is 0.467. The summed E-state index contributed by atoms with van der Waals surface area (Å²) >= 11 is 0. The molecule has 1 aromatic rings. The normalized spacial score (nSPS) is 23.0. The number of rotatable bonds is 3. The molecule has 0 radical (unpaired) electrons. The van der Waals surface area contributed by atoms with E-state index in [1.165, 1.54) is 6.07 Å². The van der Waals surface area contributed by atoms with Crippen molar-refractivity contribution < 1.29 is 19.4 Å². The maximum atomic E-state index is 12.3. The fourth-order valence-electron chi connectivity index (χ4n) is 2.63. The second kappa shape index (κ2) is 5.27. The van der Waals surface area contributed by atoms with Gasteiger partial charge in [0.05, 0.1) is 12.2 Å². The minimum absolute atomic E-state index is 0.0841. The molecule has 6 nitrogen and oxygen atoms in total. The number of benzene rings is 1. The number of hydrogen-bond donors (Lipinski definition) is 2. The van der Waals surface area contributed by atoms with E-state index in [4.69, 9.17) is 4.74 Å². The maximum absolute atomic E-state index is 12.3. The molecule has 2 amide bonds. The SMILES string of the molecule is CC1CC1CNC(=O)N1CCOc2c(C(=O)O)cccc21. The third-order valence-corrected chi connectivity index (χ3v) is 4.11. The molecule has 0 saturated heterocycles. The number of carbonyl (C=O) groups excluding carboxylic acids is 1. The Kier molecular flexibility index (Phi) is 3.45. The summed E-state index contributed by atoms with van der Waals surface area (Å²) in [5.41, 5.74) is 0.600. The Bertz CT molecular complexity index is 587. The highest BCUT2D eigenvalue weighted by molar-refractivity contribution is 5.99. The average Bonchev–Trinajstić information content (AvgIpc) is 3.19. The molecule has 0 aromatic heterocycles. The van der Waals surface area contributed by atoms with E-state index in [0.717, 1.165) is 6.42 Å². The largest absolute Gasteiger partial charge is 0.489 e. The third kappa shape index (κ3) is 2.66. The Morgan fingerprint density at radius 3 is 2.90 bits per heavy atom. The number of carbonyl (C=O) groups is 2.